The molecule has 0 spiro atoms. The van der Waals surface area contributed by atoms with Gasteiger partial charge in [-0.3, -0.25) is 5.32 Å². The number of carbonyl (C=O) groups is 1. The highest BCUT2D eigenvalue weighted by atomic mass is 16.5. The summed E-state index contributed by atoms with van der Waals surface area (Å²) in [5.74, 6) is 0.842. The van der Waals surface area contributed by atoms with Crippen molar-refractivity contribution in [3.63, 3.8) is 0 Å². The summed E-state index contributed by atoms with van der Waals surface area (Å²) in [5.41, 5.74) is 1.81. The molecule has 2 N–H and O–H groups in total. The molecule has 2 rings (SSSR count). The van der Waals surface area contributed by atoms with Crippen LogP contribution in [0.1, 0.15) is 39.0 Å². The third kappa shape index (κ3) is 4.44. The molecule has 0 bridgehead atoms. The fraction of sp³-hybridized carbons (Fsp3) is 0.562. The predicted molar refractivity (Wildman–Crippen MR) is 82.1 cm³/mol. The monoisotopic (exact) mass is 276 g/mol. The van der Waals surface area contributed by atoms with Crippen molar-refractivity contribution in [2.75, 3.05) is 17.7 Å². The summed E-state index contributed by atoms with van der Waals surface area (Å²) < 4.78 is 4.60. The fourth-order valence-corrected chi connectivity index (χ4v) is 2.72. The molecule has 2 unspecified atom stereocenters. The molecule has 1 amide bonds. The summed E-state index contributed by atoms with van der Waals surface area (Å²) in [6.07, 6.45) is 5.92. The van der Waals surface area contributed by atoms with Gasteiger partial charge in [0.1, 0.15) is 0 Å². The lowest BCUT2D eigenvalue weighted by Crippen LogP contribution is -2.18. The molecule has 0 heterocycles. The Kier molecular flexibility index (Phi) is 5.27. The Bertz CT molecular complexity index is 448. The zero-order valence-electron chi connectivity index (χ0n) is 12.3. The first-order valence-corrected chi connectivity index (χ1v) is 7.39. The van der Waals surface area contributed by atoms with E-state index in [1.807, 2.05) is 24.3 Å². The van der Waals surface area contributed by atoms with Crippen molar-refractivity contribution < 1.29 is 9.53 Å². The first-order chi connectivity index (χ1) is 9.67. The molecule has 1 aliphatic carbocycles. The number of nitrogens with one attached hydrogen (secondary N) is 2. The lowest BCUT2D eigenvalue weighted by Gasteiger charge is -2.18. The van der Waals surface area contributed by atoms with Gasteiger partial charge in [-0.2, -0.15) is 0 Å². The second kappa shape index (κ2) is 7.17. The summed E-state index contributed by atoms with van der Waals surface area (Å²) in [4.78, 5) is 11.2. The van der Waals surface area contributed by atoms with Gasteiger partial charge in [-0.1, -0.05) is 25.8 Å². The van der Waals surface area contributed by atoms with E-state index >= 15 is 0 Å². The Morgan fingerprint density at radius 1 is 1.20 bits per heavy atom. The van der Waals surface area contributed by atoms with Crippen molar-refractivity contribution in [2.24, 2.45) is 5.92 Å². The number of amides is 1. The topological polar surface area (TPSA) is 50.4 Å². The zero-order chi connectivity index (χ0) is 14.4. The van der Waals surface area contributed by atoms with Gasteiger partial charge in [0.2, 0.25) is 0 Å². The van der Waals surface area contributed by atoms with Crippen LogP contribution in [0.3, 0.4) is 0 Å². The van der Waals surface area contributed by atoms with Crippen molar-refractivity contribution in [1.82, 2.24) is 0 Å². The van der Waals surface area contributed by atoms with Crippen molar-refractivity contribution >= 4 is 17.5 Å². The molecule has 2 atom stereocenters. The standard InChI is InChI=1S/C16H24N2O2/c1-12-5-3-6-13(10-9-12)17-14-7-4-8-15(11-14)18-16(19)20-2/h4,7-8,11-13,17H,3,5-6,9-10H2,1-2H3,(H,18,19). The van der Waals surface area contributed by atoms with E-state index in [2.05, 4.69) is 22.3 Å². The van der Waals surface area contributed by atoms with E-state index in [-0.39, 0.29) is 0 Å². The molecule has 1 saturated carbocycles. The number of hydrogen-bond acceptors (Lipinski definition) is 3. The van der Waals surface area contributed by atoms with Gasteiger partial charge in [0, 0.05) is 17.4 Å². The minimum Gasteiger partial charge on any atom is -0.453 e. The summed E-state index contributed by atoms with van der Waals surface area (Å²) in [5, 5.41) is 6.27. The molecule has 0 radical (unpaired) electrons. The Labute approximate surface area is 120 Å². The number of carbonyl (C=O) groups excluding carboxylic acids is 1. The molecule has 1 fully saturated rings. The van der Waals surface area contributed by atoms with Crippen LogP contribution >= 0.6 is 0 Å². The van der Waals surface area contributed by atoms with Crippen LogP contribution in [0.5, 0.6) is 0 Å². The first kappa shape index (κ1) is 14.7. The van der Waals surface area contributed by atoms with E-state index in [0.29, 0.717) is 6.04 Å². The van der Waals surface area contributed by atoms with Crippen LogP contribution in [0.15, 0.2) is 24.3 Å². The number of anilines is 2. The van der Waals surface area contributed by atoms with E-state index < -0.39 is 6.09 Å². The lowest BCUT2D eigenvalue weighted by atomic mass is 10.0. The number of benzene rings is 1. The molecule has 0 aliphatic heterocycles. The minimum absolute atomic E-state index is 0.439. The Balaban J connectivity index is 1.95. The largest absolute Gasteiger partial charge is 0.453 e. The van der Waals surface area contributed by atoms with E-state index in [4.69, 9.17) is 0 Å². The van der Waals surface area contributed by atoms with Crippen LogP contribution < -0.4 is 10.6 Å². The van der Waals surface area contributed by atoms with Gasteiger partial charge >= 0.3 is 6.09 Å². The second-order valence-corrected chi connectivity index (χ2v) is 5.65. The van der Waals surface area contributed by atoms with E-state index in [1.54, 1.807) is 0 Å². The zero-order valence-corrected chi connectivity index (χ0v) is 12.3. The average molecular weight is 276 g/mol. The molecule has 0 aromatic heterocycles. The Morgan fingerprint density at radius 2 is 2.00 bits per heavy atom. The van der Waals surface area contributed by atoms with Gasteiger partial charge in [-0.15, -0.1) is 0 Å². The average Bonchev–Trinajstić information content (AvgIpc) is 2.64. The predicted octanol–water partition coefficient (Wildman–Crippen LogP) is 4.25. The Morgan fingerprint density at radius 3 is 2.80 bits per heavy atom. The number of rotatable bonds is 3. The lowest BCUT2D eigenvalue weighted by molar-refractivity contribution is 0.187. The van der Waals surface area contributed by atoms with E-state index in [1.165, 1.54) is 39.2 Å². The van der Waals surface area contributed by atoms with Crippen molar-refractivity contribution in [2.45, 2.75) is 45.1 Å². The summed E-state index contributed by atoms with van der Waals surface area (Å²) in [6.45, 7) is 2.34. The maximum atomic E-state index is 11.2. The van der Waals surface area contributed by atoms with Crippen molar-refractivity contribution in [3.8, 4) is 0 Å². The van der Waals surface area contributed by atoms with Gasteiger partial charge < -0.3 is 10.1 Å². The van der Waals surface area contributed by atoms with E-state index in [0.717, 1.165) is 17.3 Å². The van der Waals surface area contributed by atoms with Crippen molar-refractivity contribution in [3.05, 3.63) is 24.3 Å². The van der Waals surface area contributed by atoms with Crippen LogP contribution in [-0.4, -0.2) is 19.2 Å². The third-order valence-electron chi connectivity index (χ3n) is 3.92. The molecule has 1 aromatic rings. The molecule has 110 valence electrons. The summed E-state index contributed by atoms with van der Waals surface area (Å²) in [6, 6.07) is 8.32. The SMILES string of the molecule is COC(=O)Nc1cccc(NC2CCCC(C)CC2)c1. The van der Waals surface area contributed by atoms with Crippen LogP contribution in [-0.2, 0) is 4.74 Å². The number of hydrogen-bond donors (Lipinski definition) is 2. The molecular formula is C16H24N2O2. The fourth-order valence-electron chi connectivity index (χ4n) is 2.72. The van der Waals surface area contributed by atoms with Gasteiger partial charge in [0.05, 0.1) is 7.11 Å². The van der Waals surface area contributed by atoms with Gasteiger partial charge in [0.25, 0.3) is 0 Å². The molecule has 0 saturated heterocycles. The maximum absolute atomic E-state index is 11.2. The third-order valence-corrected chi connectivity index (χ3v) is 3.92. The Hall–Kier alpha value is -1.71. The highest BCUT2D eigenvalue weighted by Gasteiger charge is 2.16. The van der Waals surface area contributed by atoms with Crippen LogP contribution in [0.4, 0.5) is 16.2 Å². The number of methoxy groups -OCH3 is 1. The maximum Gasteiger partial charge on any atom is 0.411 e. The molecule has 1 aliphatic rings. The van der Waals surface area contributed by atoms with Gasteiger partial charge in [0.15, 0.2) is 0 Å². The normalized spacial score (nSPS) is 22.7. The highest BCUT2D eigenvalue weighted by molar-refractivity contribution is 5.85. The molecule has 1 aromatic carbocycles. The quantitative estimate of drug-likeness (QED) is 0.812. The minimum atomic E-state index is -0.439. The van der Waals surface area contributed by atoms with E-state index in [9.17, 15) is 4.79 Å². The van der Waals surface area contributed by atoms with Crippen LogP contribution in [0.2, 0.25) is 0 Å². The van der Waals surface area contributed by atoms with Crippen molar-refractivity contribution in [1.29, 1.82) is 0 Å². The first-order valence-electron chi connectivity index (χ1n) is 7.39. The second-order valence-electron chi connectivity index (χ2n) is 5.65. The molecule has 4 nitrogen and oxygen atoms in total. The molecular weight excluding hydrogens is 252 g/mol. The summed E-state index contributed by atoms with van der Waals surface area (Å²) >= 11 is 0. The smallest absolute Gasteiger partial charge is 0.411 e. The highest BCUT2D eigenvalue weighted by Crippen LogP contribution is 2.25. The van der Waals surface area contributed by atoms with Crippen LogP contribution in [0, 0.1) is 5.92 Å². The number of ether oxygens (including phenoxy) is 1. The molecule has 20 heavy (non-hydrogen) atoms. The summed E-state index contributed by atoms with van der Waals surface area (Å²) in [7, 11) is 1.37. The van der Waals surface area contributed by atoms with Gasteiger partial charge in [-0.25, -0.2) is 4.79 Å². The molecule has 4 heteroatoms. The van der Waals surface area contributed by atoms with Crippen LogP contribution in [0.25, 0.3) is 0 Å². The van der Waals surface area contributed by atoms with Gasteiger partial charge in [-0.05, 0) is 43.4 Å².